The van der Waals surface area contributed by atoms with Crippen LogP contribution in [0.3, 0.4) is 0 Å². The molecule has 0 radical (unpaired) electrons. The first-order valence-electron chi connectivity index (χ1n) is 9.88. The number of nitrogens with zero attached hydrogens (tertiary/aromatic N) is 1. The Morgan fingerprint density at radius 3 is 2.28 bits per heavy atom. The van der Waals surface area contributed by atoms with Gasteiger partial charge in [-0.25, -0.2) is 8.42 Å². The van der Waals surface area contributed by atoms with Gasteiger partial charge in [-0.15, -0.1) is 0 Å². The molecule has 0 bridgehead atoms. The highest BCUT2D eigenvalue weighted by Gasteiger charge is 2.27. The van der Waals surface area contributed by atoms with E-state index in [0.717, 1.165) is 11.1 Å². The molecule has 8 nitrogen and oxygen atoms in total. The maximum Gasteiger partial charge on any atom is 0.241 e. The summed E-state index contributed by atoms with van der Waals surface area (Å²) in [6, 6.07) is 16.0. The van der Waals surface area contributed by atoms with E-state index in [9.17, 15) is 13.2 Å². The molecule has 1 atom stereocenters. The van der Waals surface area contributed by atoms with E-state index in [2.05, 4.69) is 15.0 Å². The highest BCUT2D eigenvalue weighted by atomic mass is 32.2. The number of nitrogens with one attached hydrogen (secondary N) is 2. The smallest absolute Gasteiger partial charge is 0.241 e. The van der Waals surface area contributed by atoms with Gasteiger partial charge in [0, 0.05) is 25.0 Å². The molecular formula is C23H25N3O5S. The van der Waals surface area contributed by atoms with Crippen LogP contribution in [-0.2, 0) is 27.8 Å². The van der Waals surface area contributed by atoms with Gasteiger partial charge < -0.3 is 14.8 Å². The predicted octanol–water partition coefficient (Wildman–Crippen LogP) is 2.30. The fraction of sp³-hybridized carbons (Fsp3) is 0.217. The number of methoxy groups -OCH3 is 2. The molecular weight excluding hydrogens is 430 g/mol. The first-order valence-corrected chi connectivity index (χ1v) is 11.4. The molecule has 3 rings (SSSR count). The van der Waals surface area contributed by atoms with Gasteiger partial charge in [-0.1, -0.05) is 30.3 Å². The average molecular weight is 456 g/mol. The number of aromatic nitrogens is 1. The number of amides is 1. The minimum atomic E-state index is -4.02. The Morgan fingerprint density at radius 1 is 0.938 bits per heavy atom. The summed E-state index contributed by atoms with van der Waals surface area (Å²) in [5.41, 5.74) is 1.68. The van der Waals surface area contributed by atoms with Crippen LogP contribution in [0.15, 0.2) is 78.0 Å². The first kappa shape index (κ1) is 23.2. The van der Waals surface area contributed by atoms with Crippen molar-refractivity contribution in [2.75, 3.05) is 14.2 Å². The standard InChI is InChI=1S/C23H25N3O5S/c1-30-21-9-8-19(15-22(21)31-2)32(28,29)26-20(14-17-6-4-3-5-7-17)23(27)25-16-18-10-12-24-13-11-18/h3-13,15,20,26H,14,16H2,1-2H3,(H,25,27). The molecule has 1 unspecified atom stereocenters. The zero-order valence-electron chi connectivity index (χ0n) is 17.8. The molecule has 2 N–H and O–H groups in total. The van der Waals surface area contributed by atoms with Crippen LogP contribution in [0.1, 0.15) is 11.1 Å². The summed E-state index contributed by atoms with van der Waals surface area (Å²) in [5, 5.41) is 2.80. The maximum absolute atomic E-state index is 13.1. The molecule has 0 saturated carbocycles. The maximum atomic E-state index is 13.1. The van der Waals surface area contributed by atoms with Crippen molar-refractivity contribution in [2.24, 2.45) is 0 Å². The number of carbonyl (C=O) groups excluding carboxylic acids is 1. The third-order valence-corrected chi connectivity index (χ3v) is 6.25. The van der Waals surface area contributed by atoms with Gasteiger partial charge in [0.2, 0.25) is 15.9 Å². The Morgan fingerprint density at radius 2 is 1.62 bits per heavy atom. The summed E-state index contributed by atoms with van der Waals surface area (Å²) in [5.74, 6) is 0.245. The Kier molecular flexibility index (Phi) is 7.80. The summed E-state index contributed by atoms with van der Waals surface area (Å²) in [7, 11) is -1.13. The first-order chi connectivity index (χ1) is 15.4. The van der Waals surface area contributed by atoms with Crippen LogP contribution in [0, 0.1) is 0 Å². The summed E-state index contributed by atoms with van der Waals surface area (Å²) in [6.07, 6.45) is 3.45. The molecule has 1 aromatic heterocycles. The molecule has 0 aliphatic rings. The van der Waals surface area contributed by atoms with E-state index in [4.69, 9.17) is 9.47 Å². The van der Waals surface area contributed by atoms with Crippen LogP contribution in [0.2, 0.25) is 0 Å². The van der Waals surface area contributed by atoms with Gasteiger partial charge in [0.05, 0.1) is 19.1 Å². The predicted molar refractivity (Wildman–Crippen MR) is 120 cm³/mol. The van der Waals surface area contributed by atoms with Gasteiger partial charge in [0.15, 0.2) is 11.5 Å². The van der Waals surface area contributed by atoms with Crippen molar-refractivity contribution in [3.8, 4) is 11.5 Å². The van der Waals surface area contributed by atoms with Crippen molar-refractivity contribution >= 4 is 15.9 Å². The van der Waals surface area contributed by atoms with Crippen LogP contribution >= 0.6 is 0 Å². The summed E-state index contributed by atoms with van der Waals surface area (Å²) in [6.45, 7) is 0.255. The van der Waals surface area contributed by atoms with Crippen molar-refractivity contribution in [2.45, 2.75) is 23.9 Å². The topological polar surface area (TPSA) is 107 Å². The lowest BCUT2D eigenvalue weighted by Gasteiger charge is -2.19. The molecule has 9 heteroatoms. The fourth-order valence-electron chi connectivity index (χ4n) is 3.09. The Balaban J connectivity index is 1.83. The molecule has 0 aliphatic carbocycles. The van der Waals surface area contributed by atoms with E-state index in [1.807, 2.05) is 30.3 Å². The number of hydrogen-bond acceptors (Lipinski definition) is 6. The highest BCUT2D eigenvalue weighted by Crippen LogP contribution is 2.29. The molecule has 2 aromatic carbocycles. The second kappa shape index (κ2) is 10.7. The molecule has 0 fully saturated rings. The number of benzene rings is 2. The summed E-state index contributed by atoms with van der Waals surface area (Å²) >= 11 is 0. The minimum absolute atomic E-state index is 0.0323. The molecule has 1 amide bonds. The molecule has 168 valence electrons. The van der Waals surface area contributed by atoms with Gasteiger partial charge in [0.25, 0.3) is 0 Å². The van der Waals surface area contributed by atoms with Gasteiger partial charge in [-0.2, -0.15) is 4.72 Å². The van der Waals surface area contributed by atoms with Gasteiger partial charge in [0.1, 0.15) is 6.04 Å². The molecule has 1 heterocycles. The van der Waals surface area contributed by atoms with Crippen molar-refractivity contribution in [1.29, 1.82) is 0 Å². The molecule has 0 aliphatic heterocycles. The Bertz CT molecular complexity index is 1140. The molecule has 32 heavy (non-hydrogen) atoms. The van der Waals surface area contributed by atoms with Crippen molar-refractivity contribution in [3.63, 3.8) is 0 Å². The second-order valence-electron chi connectivity index (χ2n) is 6.95. The van der Waals surface area contributed by atoms with Crippen molar-refractivity contribution < 1.29 is 22.7 Å². The van der Waals surface area contributed by atoms with Crippen LogP contribution in [0.5, 0.6) is 11.5 Å². The lowest BCUT2D eigenvalue weighted by molar-refractivity contribution is -0.122. The largest absolute Gasteiger partial charge is 0.493 e. The Hall–Kier alpha value is -3.43. The fourth-order valence-corrected chi connectivity index (χ4v) is 4.30. The Labute approximate surface area is 187 Å². The number of pyridine rings is 1. The van der Waals surface area contributed by atoms with Crippen LogP contribution in [0.4, 0.5) is 0 Å². The van der Waals surface area contributed by atoms with Crippen molar-refractivity contribution in [1.82, 2.24) is 15.0 Å². The monoisotopic (exact) mass is 455 g/mol. The minimum Gasteiger partial charge on any atom is -0.493 e. The molecule has 0 spiro atoms. The van der Waals surface area contributed by atoms with E-state index in [1.165, 1.54) is 32.4 Å². The number of sulfonamides is 1. The zero-order valence-corrected chi connectivity index (χ0v) is 18.6. The summed E-state index contributed by atoms with van der Waals surface area (Å²) in [4.78, 5) is 16.9. The number of rotatable bonds is 10. The second-order valence-corrected chi connectivity index (χ2v) is 8.67. The van der Waals surface area contributed by atoms with Crippen LogP contribution < -0.4 is 19.5 Å². The van der Waals surface area contributed by atoms with Gasteiger partial charge in [-0.05, 0) is 41.8 Å². The number of carbonyl (C=O) groups is 1. The van der Waals surface area contributed by atoms with E-state index in [0.29, 0.717) is 5.75 Å². The number of hydrogen-bond donors (Lipinski definition) is 2. The van der Waals surface area contributed by atoms with E-state index in [1.54, 1.807) is 24.5 Å². The lowest BCUT2D eigenvalue weighted by Crippen LogP contribution is -2.47. The quantitative estimate of drug-likeness (QED) is 0.486. The third kappa shape index (κ3) is 6.05. The normalized spacial score (nSPS) is 12.1. The van der Waals surface area contributed by atoms with E-state index in [-0.39, 0.29) is 23.6 Å². The SMILES string of the molecule is COc1ccc(S(=O)(=O)NC(Cc2ccccc2)C(=O)NCc2ccncc2)cc1OC. The zero-order chi connectivity index (χ0) is 23.0. The lowest BCUT2D eigenvalue weighted by atomic mass is 10.1. The van der Waals surface area contributed by atoms with Gasteiger partial charge in [-0.3, -0.25) is 9.78 Å². The molecule has 0 saturated heterocycles. The third-order valence-electron chi connectivity index (χ3n) is 4.78. The number of ether oxygens (including phenoxy) is 2. The van der Waals surface area contributed by atoms with Gasteiger partial charge >= 0.3 is 0 Å². The molecule has 3 aromatic rings. The highest BCUT2D eigenvalue weighted by molar-refractivity contribution is 7.89. The van der Waals surface area contributed by atoms with E-state index >= 15 is 0 Å². The summed E-state index contributed by atoms with van der Waals surface area (Å²) < 4.78 is 39.1. The van der Waals surface area contributed by atoms with Crippen LogP contribution in [0.25, 0.3) is 0 Å². The van der Waals surface area contributed by atoms with Crippen molar-refractivity contribution in [3.05, 3.63) is 84.2 Å². The average Bonchev–Trinajstić information content (AvgIpc) is 2.82. The van der Waals surface area contributed by atoms with E-state index < -0.39 is 22.0 Å². The van der Waals surface area contributed by atoms with Crippen LogP contribution in [-0.4, -0.2) is 39.6 Å².